The molecule has 0 aliphatic rings. The van der Waals surface area contributed by atoms with Gasteiger partial charge in [-0.15, -0.1) is 0 Å². The molecular weight excluding hydrogens is 311 g/mol. The zero-order valence-corrected chi connectivity index (χ0v) is 12.5. The van der Waals surface area contributed by atoms with Crippen LogP contribution in [0.4, 0.5) is 15.8 Å². The largest absolute Gasteiger partial charge is 0.270 e. The summed E-state index contributed by atoms with van der Waals surface area (Å²) in [7, 11) is -4.01. The van der Waals surface area contributed by atoms with Crippen molar-refractivity contribution in [2.75, 3.05) is 10.8 Å². The standard InChI is InChI=1S/C14H13FN2O4S/c1-2-16(12-6-3-5-11(15)9-12)22(20,21)14-8-4-7-13(10-14)17(18)19/h3-10H,2H2,1H3. The first kappa shape index (κ1) is 15.9. The second-order valence-corrected chi connectivity index (χ2v) is 6.27. The summed E-state index contributed by atoms with van der Waals surface area (Å²) in [5.74, 6) is -0.565. The van der Waals surface area contributed by atoms with Crippen LogP contribution in [0, 0.1) is 15.9 Å². The van der Waals surface area contributed by atoms with Crippen LogP contribution in [0.25, 0.3) is 0 Å². The van der Waals surface area contributed by atoms with Gasteiger partial charge in [0, 0.05) is 18.7 Å². The van der Waals surface area contributed by atoms with Crippen molar-refractivity contribution in [3.05, 3.63) is 64.5 Å². The Morgan fingerprint density at radius 3 is 2.45 bits per heavy atom. The molecular formula is C14H13FN2O4S. The molecule has 0 aromatic heterocycles. The second kappa shape index (κ2) is 6.10. The molecule has 22 heavy (non-hydrogen) atoms. The first-order chi connectivity index (χ1) is 10.4. The van der Waals surface area contributed by atoms with Crippen molar-refractivity contribution < 1.29 is 17.7 Å². The number of halogens is 1. The van der Waals surface area contributed by atoms with Gasteiger partial charge in [-0.25, -0.2) is 12.8 Å². The molecule has 0 radical (unpaired) electrons. The van der Waals surface area contributed by atoms with Crippen LogP contribution < -0.4 is 4.31 Å². The van der Waals surface area contributed by atoms with Crippen molar-refractivity contribution in [1.82, 2.24) is 0 Å². The molecule has 0 amide bonds. The molecule has 0 atom stereocenters. The maximum Gasteiger partial charge on any atom is 0.270 e. The van der Waals surface area contributed by atoms with Crippen molar-refractivity contribution in [2.24, 2.45) is 0 Å². The molecule has 0 N–H and O–H groups in total. The number of anilines is 1. The van der Waals surface area contributed by atoms with Crippen LogP contribution in [0.15, 0.2) is 53.4 Å². The van der Waals surface area contributed by atoms with Gasteiger partial charge < -0.3 is 0 Å². The van der Waals surface area contributed by atoms with Gasteiger partial charge in [0.1, 0.15) is 5.82 Å². The number of nitro groups is 1. The molecule has 0 spiro atoms. The molecule has 0 fully saturated rings. The number of non-ortho nitro benzene ring substituents is 1. The van der Waals surface area contributed by atoms with E-state index < -0.39 is 20.8 Å². The van der Waals surface area contributed by atoms with Crippen molar-refractivity contribution in [3.8, 4) is 0 Å². The fourth-order valence-electron chi connectivity index (χ4n) is 2.01. The predicted octanol–water partition coefficient (Wildman–Crippen LogP) is 2.95. The Kier molecular flexibility index (Phi) is 4.41. The molecule has 0 aliphatic carbocycles. The number of benzene rings is 2. The van der Waals surface area contributed by atoms with Crippen LogP contribution in [0.2, 0.25) is 0 Å². The third-order valence-corrected chi connectivity index (χ3v) is 4.90. The van der Waals surface area contributed by atoms with E-state index >= 15 is 0 Å². The van der Waals surface area contributed by atoms with Gasteiger partial charge >= 0.3 is 0 Å². The highest BCUT2D eigenvalue weighted by Gasteiger charge is 2.25. The smallest absolute Gasteiger partial charge is 0.267 e. The van der Waals surface area contributed by atoms with Crippen LogP contribution in [0.5, 0.6) is 0 Å². The minimum absolute atomic E-state index is 0.0640. The topological polar surface area (TPSA) is 80.5 Å². The maximum absolute atomic E-state index is 13.3. The zero-order chi connectivity index (χ0) is 16.3. The van der Waals surface area contributed by atoms with Gasteiger partial charge in [-0.2, -0.15) is 0 Å². The lowest BCUT2D eigenvalue weighted by atomic mass is 10.3. The summed E-state index contributed by atoms with van der Waals surface area (Å²) >= 11 is 0. The van der Waals surface area contributed by atoms with Crippen LogP contribution in [0.3, 0.4) is 0 Å². The lowest BCUT2D eigenvalue weighted by molar-refractivity contribution is -0.385. The van der Waals surface area contributed by atoms with Crippen molar-refractivity contribution >= 4 is 21.4 Å². The summed E-state index contributed by atoms with van der Waals surface area (Å²) < 4.78 is 39.6. The molecule has 0 aliphatic heterocycles. The molecule has 0 bridgehead atoms. The Hall–Kier alpha value is -2.48. The average molecular weight is 324 g/mol. The van der Waals surface area contributed by atoms with Gasteiger partial charge in [-0.05, 0) is 31.2 Å². The molecule has 0 unspecified atom stereocenters. The summed E-state index contributed by atoms with van der Waals surface area (Å²) in [6.07, 6.45) is 0. The van der Waals surface area contributed by atoms with E-state index in [2.05, 4.69) is 0 Å². The van der Waals surface area contributed by atoms with Crippen LogP contribution in [-0.2, 0) is 10.0 Å². The lowest BCUT2D eigenvalue weighted by Gasteiger charge is -2.22. The van der Waals surface area contributed by atoms with Crippen LogP contribution in [0.1, 0.15) is 6.92 Å². The van der Waals surface area contributed by atoms with E-state index in [-0.39, 0.29) is 22.8 Å². The number of rotatable bonds is 5. The Morgan fingerprint density at radius 1 is 1.18 bits per heavy atom. The van der Waals surface area contributed by atoms with Gasteiger partial charge in [0.2, 0.25) is 0 Å². The minimum Gasteiger partial charge on any atom is -0.267 e. The van der Waals surface area contributed by atoms with Crippen LogP contribution in [-0.4, -0.2) is 19.9 Å². The number of nitro benzene ring substituents is 1. The predicted molar refractivity (Wildman–Crippen MR) is 79.7 cm³/mol. The lowest BCUT2D eigenvalue weighted by Crippen LogP contribution is -2.30. The van der Waals surface area contributed by atoms with E-state index in [9.17, 15) is 22.9 Å². The van der Waals surface area contributed by atoms with Crippen molar-refractivity contribution in [3.63, 3.8) is 0 Å². The molecule has 8 heteroatoms. The second-order valence-electron chi connectivity index (χ2n) is 4.40. The van der Waals surface area contributed by atoms with Crippen LogP contribution >= 0.6 is 0 Å². The third-order valence-electron chi connectivity index (χ3n) is 3.00. The molecule has 116 valence electrons. The summed E-state index contributed by atoms with van der Waals surface area (Å²) in [5, 5.41) is 10.8. The highest BCUT2D eigenvalue weighted by Crippen LogP contribution is 2.26. The maximum atomic E-state index is 13.3. The van der Waals surface area contributed by atoms with Gasteiger partial charge in [0.05, 0.1) is 15.5 Å². The summed E-state index contributed by atoms with van der Waals surface area (Å²) in [4.78, 5) is 9.90. The molecule has 0 saturated heterocycles. The first-order valence-corrected chi connectivity index (χ1v) is 7.83. The van der Waals surface area contributed by atoms with Gasteiger partial charge in [-0.1, -0.05) is 12.1 Å². The van der Waals surface area contributed by atoms with Crippen molar-refractivity contribution in [1.29, 1.82) is 0 Å². The van der Waals surface area contributed by atoms with E-state index in [1.807, 2.05) is 0 Å². The summed E-state index contributed by atoms with van der Waals surface area (Å²) in [6, 6.07) is 9.91. The fraction of sp³-hybridized carbons (Fsp3) is 0.143. The quantitative estimate of drug-likeness (QED) is 0.625. The fourth-order valence-corrected chi connectivity index (χ4v) is 3.51. The minimum atomic E-state index is -4.01. The summed E-state index contributed by atoms with van der Waals surface area (Å²) in [5.41, 5.74) is -0.162. The highest BCUT2D eigenvalue weighted by molar-refractivity contribution is 7.92. The third kappa shape index (κ3) is 3.06. The average Bonchev–Trinajstić information content (AvgIpc) is 2.48. The normalized spacial score (nSPS) is 11.2. The monoisotopic (exact) mass is 324 g/mol. The molecule has 2 rings (SSSR count). The number of sulfonamides is 1. The number of nitrogens with zero attached hydrogens (tertiary/aromatic N) is 2. The van der Waals surface area contributed by atoms with Crippen molar-refractivity contribution in [2.45, 2.75) is 11.8 Å². The Balaban J connectivity index is 2.52. The van der Waals surface area contributed by atoms with E-state index in [1.54, 1.807) is 6.92 Å². The highest BCUT2D eigenvalue weighted by atomic mass is 32.2. The Bertz CT molecular complexity index is 808. The number of hydrogen-bond acceptors (Lipinski definition) is 4. The van der Waals surface area contributed by atoms with Gasteiger partial charge in [-0.3, -0.25) is 14.4 Å². The zero-order valence-electron chi connectivity index (χ0n) is 11.6. The van der Waals surface area contributed by atoms with Gasteiger partial charge in [0.15, 0.2) is 0 Å². The molecule has 2 aromatic carbocycles. The SMILES string of the molecule is CCN(c1cccc(F)c1)S(=O)(=O)c1cccc([N+](=O)[O-])c1. The molecule has 0 heterocycles. The van der Waals surface area contributed by atoms with E-state index in [4.69, 9.17) is 0 Å². The molecule has 0 saturated carbocycles. The number of hydrogen-bond donors (Lipinski definition) is 0. The van der Waals surface area contributed by atoms with Gasteiger partial charge in [0.25, 0.3) is 15.7 Å². The van der Waals surface area contributed by atoms with E-state index in [0.29, 0.717) is 0 Å². The Morgan fingerprint density at radius 2 is 1.86 bits per heavy atom. The van der Waals surface area contributed by atoms with E-state index in [1.165, 1.54) is 36.4 Å². The molecule has 6 nitrogen and oxygen atoms in total. The first-order valence-electron chi connectivity index (χ1n) is 6.39. The molecule has 2 aromatic rings. The van der Waals surface area contributed by atoms with E-state index in [0.717, 1.165) is 16.4 Å². The summed E-state index contributed by atoms with van der Waals surface area (Å²) in [6.45, 7) is 1.66. The Labute approximate surface area is 127 Å².